The van der Waals surface area contributed by atoms with Gasteiger partial charge < -0.3 is 0 Å². The molecule has 0 atom stereocenters. The second-order valence-electron chi connectivity index (χ2n) is 2.70. The van der Waals surface area contributed by atoms with Crippen molar-refractivity contribution in [3.63, 3.8) is 0 Å². The number of hydrogen-bond donors (Lipinski definition) is 0. The van der Waals surface area contributed by atoms with E-state index >= 15 is 0 Å². The first-order valence-corrected chi connectivity index (χ1v) is 4.55. The molecule has 0 saturated carbocycles. The van der Waals surface area contributed by atoms with Crippen molar-refractivity contribution in [3.8, 4) is 6.57 Å². The van der Waals surface area contributed by atoms with Gasteiger partial charge in [-0.05, 0) is 12.5 Å². The Morgan fingerprint density at radius 3 is 2.38 bits per heavy atom. The molecule has 80 valence electrons. The molecule has 0 amide bonds. The molecule has 0 fully saturated rings. The molecule has 0 spiro atoms. The van der Waals surface area contributed by atoms with Crippen molar-refractivity contribution in [3.05, 3.63) is 66.8 Å². The quantitative estimate of drug-likeness (QED) is 0.525. The Hall–Kier alpha value is -1.02. The maximum Gasteiger partial charge on any atom is 0.0462 e. The normalized spacial score (nSPS) is 9.19. The molecule has 0 bridgehead atoms. The summed E-state index contributed by atoms with van der Waals surface area (Å²) in [6.45, 7) is 9.45. The van der Waals surface area contributed by atoms with Crippen LogP contribution in [0.1, 0.15) is 12.5 Å². The number of hydrogen-bond acceptors (Lipinski definition) is 1. The summed E-state index contributed by atoms with van der Waals surface area (Å²) in [6, 6.07) is 10.8. The van der Waals surface area contributed by atoms with Gasteiger partial charge in [0, 0.05) is 37.7 Å². The van der Waals surface area contributed by atoms with E-state index < -0.39 is 0 Å². The molecule has 0 radical (unpaired) electrons. The Balaban J connectivity index is 0. The molecule has 0 aromatic heterocycles. The molecule has 0 N–H and O–H groups in total. The zero-order valence-corrected chi connectivity index (χ0v) is 13.5. The van der Waals surface area contributed by atoms with E-state index in [0.29, 0.717) is 0 Å². The van der Waals surface area contributed by atoms with Crippen molar-refractivity contribution in [2.45, 2.75) is 6.92 Å². The minimum Gasteiger partial charge on any atom is -0.202 e. The van der Waals surface area contributed by atoms with Gasteiger partial charge in [0.15, 0.2) is 0 Å². The molecule has 0 aliphatic rings. The Morgan fingerprint density at radius 2 is 1.88 bits per heavy atom. The van der Waals surface area contributed by atoms with Crippen LogP contribution < -0.4 is 0 Å². The molecular weight excluding hydrogens is 420 g/mol. The summed E-state index contributed by atoms with van der Waals surface area (Å²) in [5.74, 6) is 0. The predicted molar refractivity (Wildman–Crippen MR) is 64.9 cm³/mol. The number of benzene rings is 1. The average Bonchev–Trinajstić information content (AvgIpc) is 2.33. The van der Waals surface area contributed by atoms with E-state index in [1.807, 2.05) is 55.5 Å². The molecule has 2 heteroatoms. The molecule has 0 aliphatic heterocycles. The summed E-state index contributed by atoms with van der Waals surface area (Å²) in [6.07, 6.45) is 7.96. The van der Waals surface area contributed by atoms with Crippen molar-refractivity contribution >= 4 is 5.57 Å². The minimum absolute atomic E-state index is 0. The van der Waals surface area contributed by atoms with Crippen LogP contribution in [0.2, 0.25) is 0 Å². The molecule has 16 heavy (non-hydrogen) atoms. The predicted octanol–water partition coefficient (Wildman–Crippen LogP) is 3.77. The van der Waals surface area contributed by atoms with E-state index in [2.05, 4.69) is 19.2 Å². The Morgan fingerprint density at radius 1 is 1.31 bits per heavy atom. The van der Waals surface area contributed by atoms with Crippen LogP contribution in [0.3, 0.4) is 0 Å². The van der Waals surface area contributed by atoms with Crippen LogP contribution in [0.25, 0.3) is 5.57 Å². The van der Waals surface area contributed by atoms with Gasteiger partial charge in [-0.1, -0.05) is 30.9 Å². The molecule has 1 rings (SSSR count). The molecule has 1 aromatic rings. The molecule has 0 unspecified atom stereocenters. The second kappa shape index (κ2) is 12.1. The van der Waals surface area contributed by atoms with Crippen molar-refractivity contribution in [2.24, 2.45) is 0 Å². The van der Waals surface area contributed by atoms with E-state index in [4.69, 9.17) is 5.26 Å². The van der Waals surface area contributed by atoms with Crippen molar-refractivity contribution in [1.82, 2.24) is 0 Å². The van der Waals surface area contributed by atoms with Gasteiger partial charge >= 0.3 is 0 Å². The smallest absolute Gasteiger partial charge is 0.0462 e. The van der Waals surface area contributed by atoms with E-state index in [9.17, 15) is 0 Å². The summed E-state index contributed by atoms with van der Waals surface area (Å²) in [7, 11) is 0. The van der Waals surface area contributed by atoms with Crippen LogP contribution in [0.5, 0.6) is 0 Å². The van der Waals surface area contributed by atoms with Crippen LogP contribution in [0.4, 0.5) is 0 Å². The Kier molecular flexibility index (Phi) is 13.1. The fourth-order valence-electron chi connectivity index (χ4n) is 0.980. The van der Waals surface area contributed by atoms with E-state index in [-0.39, 0.29) is 31.1 Å². The summed E-state index contributed by atoms with van der Waals surface area (Å²) >= 11 is 0. The number of nitrogens with zero attached hydrogens (tertiary/aromatic N) is 1. The topological polar surface area (TPSA) is 23.8 Å². The molecule has 1 nitrogen and oxygen atoms in total. The SMILES string of the molecule is C#N.C=C(/C=C\C=C/C)c1cc[c-]cc1.[U]. The monoisotopic (exact) mass is 434 g/mol. The average molecular weight is 434 g/mol. The van der Waals surface area contributed by atoms with E-state index in [0.717, 1.165) is 11.1 Å². The minimum atomic E-state index is 0. The van der Waals surface area contributed by atoms with Crippen LogP contribution in [0, 0.1) is 49.0 Å². The first kappa shape index (κ1) is 17.4. The fourth-order valence-corrected chi connectivity index (χ4v) is 0.980. The van der Waals surface area contributed by atoms with E-state index in [1.165, 1.54) is 0 Å². The molecule has 0 aliphatic carbocycles. The third kappa shape index (κ3) is 7.30. The first-order valence-electron chi connectivity index (χ1n) is 4.55. The van der Waals surface area contributed by atoms with Crippen LogP contribution >= 0.6 is 0 Å². The summed E-state index contributed by atoms with van der Waals surface area (Å²) < 4.78 is 0. The van der Waals surface area contributed by atoms with Gasteiger partial charge in [0.1, 0.15) is 0 Å². The number of nitriles is 1. The third-order valence-corrected chi connectivity index (χ3v) is 1.69. The van der Waals surface area contributed by atoms with Gasteiger partial charge in [-0.25, -0.2) is 5.26 Å². The zero-order chi connectivity index (χ0) is 11.5. The Bertz CT molecular complexity index is 361. The number of allylic oxidation sites excluding steroid dienone is 5. The van der Waals surface area contributed by atoms with Gasteiger partial charge in [0.2, 0.25) is 0 Å². The standard InChI is InChI=1S/C13H13.CHN.U/c1-3-4-6-9-12(2)13-10-7-5-8-11-13;1-2;/h3-4,6-11H,2H2,1H3;1H;/q-1;;/b4-3-,9-6-;;. The van der Waals surface area contributed by atoms with Gasteiger partial charge in [-0.3, -0.25) is 0 Å². The fraction of sp³-hybridized carbons (Fsp3) is 0.0714. The van der Waals surface area contributed by atoms with Gasteiger partial charge in [0.25, 0.3) is 0 Å². The van der Waals surface area contributed by atoms with Crippen molar-refractivity contribution < 1.29 is 31.1 Å². The van der Waals surface area contributed by atoms with Crippen molar-refractivity contribution in [2.75, 3.05) is 0 Å². The first-order chi connectivity index (χ1) is 7.34. The van der Waals surface area contributed by atoms with Gasteiger partial charge in [0.05, 0.1) is 0 Å². The zero-order valence-electron chi connectivity index (χ0n) is 9.35. The van der Waals surface area contributed by atoms with Gasteiger partial charge in [-0.15, -0.1) is 5.56 Å². The summed E-state index contributed by atoms with van der Waals surface area (Å²) in [4.78, 5) is 0. The second-order valence-corrected chi connectivity index (χ2v) is 2.70. The maximum absolute atomic E-state index is 6.50. The van der Waals surface area contributed by atoms with Crippen LogP contribution in [0.15, 0.2) is 55.1 Å². The largest absolute Gasteiger partial charge is 0.202 e. The summed E-state index contributed by atoms with van der Waals surface area (Å²) in [5.41, 5.74) is 2.16. The molecule has 1 aromatic carbocycles. The van der Waals surface area contributed by atoms with E-state index in [1.54, 1.807) is 0 Å². The third-order valence-electron chi connectivity index (χ3n) is 1.69. The molecular formula is C14H14NU-. The number of rotatable bonds is 3. The van der Waals surface area contributed by atoms with Crippen molar-refractivity contribution in [1.29, 1.82) is 5.26 Å². The summed E-state index contributed by atoms with van der Waals surface area (Å²) in [5, 5.41) is 6.50. The van der Waals surface area contributed by atoms with Gasteiger partial charge in [-0.2, -0.15) is 30.3 Å². The Labute approximate surface area is 122 Å². The molecule has 0 heterocycles. The van der Waals surface area contributed by atoms with Crippen LogP contribution in [-0.4, -0.2) is 0 Å². The maximum atomic E-state index is 6.50. The van der Waals surface area contributed by atoms with Crippen LogP contribution in [-0.2, 0) is 0 Å². The molecule has 0 saturated heterocycles.